The Labute approximate surface area is 85.8 Å². The lowest BCUT2D eigenvalue weighted by atomic mass is 10.4. The van der Waals surface area contributed by atoms with Gasteiger partial charge in [-0.2, -0.15) is 0 Å². The molecule has 0 saturated carbocycles. The number of ether oxygens (including phenoxy) is 2. The minimum atomic E-state index is 0.0783. The second-order valence-electron chi connectivity index (χ2n) is 2.96. The third-order valence-corrected chi connectivity index (χ3v) is 1.84. The van der Waals surface area contributed by atoms with Gasteiger partial charge in [-0.15, -0.1) is 0 Å². The second kappa shape index (κ2) is 10.9. The number of nitrogens with zero attached hydrogens (tertiary/aromatic N) is 1. The highest BCUT2D eigenvalue weighted by atomic mass is 16.5. The van der Waals surface area contributed by atoms with Crippen LogP contribution in [0, 0.1) is 0 Å². The zero-order valence-electron chi connectivity index (χ0n) is 8.95. The average Bonchev–Trinajstić information content (AvgIpc) is 2.20. The number of nitrogens with two attached hydrogens (primary N) is 1. The zero-order chi connectivity index (χ0) is 10.6. The first-order chi connectivity index (χ1) is 6.85. The minimum Gasteiger partial charge on any atom is -0.394 e. The number of methoxy groups -OCH3 is 1. The van der Waals surface area contributed by atoms with Gasteiger partial charge in [-0.3, -0.25) is 4.90 Å². The molecular formula is C9H22N2O3. The summed E-state index contributed by atoms with van der Waals surface area (Å²) < 4.78 is 10.1. The second-order valence-corrected chi connectivity index (χ2v) is 2.96. The quantitative estimate of drug-likeness (QED) is 0.444. The van der Waals surface area contributed by atoms with E-state index in [9.17, 15) is 0 Å². The molecular weight excluding hydrogens is 184 g/mol. The van der Waals surface area contributed by atoms with Crippen LogP contribution in [0.5, 0.6) is 0 Å². The van der Waals surface area contributed by atoms with E-state index in [0.717, 1.165) is 19.6 Å². The van der Waals surface area contributed by atoms with Crippen molar-refractivity contribution in [2.24, 2.45) is 5.73 Å². The smallest absolute Gasteiger partial charge is 0.0698 e. The van der Waals surface area contributed by atoms with Crippen molar-refractivity contribution in [3.05, 3.63) is 0 Å². The third-order valence-electron chi connectivity index (χ3n) is 1.84. The SMILES string of the molecule is COCCN(CCN)CCOCCO. The van der Waals surface area contributed by atoms with E-state index in [-0.39, 0.29) is 6.61 Å². The molecule has 0 unspecified atom stereocenters. The van der Waals surface area contributed by atoms with E-state index in [4.69, 9.17) is 20.3 Å². The van der Waals surface area contributed by atoms with Crippen LogP contribution >= 0.6 is 0 Å². The molecule has 5 heteroatoms. The van der Waals surface area contributed by atoms with Crippen molar-refractivity contribution >= 4 is 0 Å². The summed E-state index contributed by atoms with van der Waals surface area (Å²) >= 11 is 0. The number of aliphatic hydroxyl groups excluding tert-OH is 1. The third kappa shape index (κ3) is 8.40. The highest BCUT2D eigenvalue weighted by Crippen LogP contribution is 1.88. The van der Waals surface area contributed by atoms with Crippen molar-refractivity contribution in [2.45, 2.75) is 0 Å². The van der Waals surface area contributed by atoms with Crippen LogP contribution in [0.25, 0.3) is 0 Å². The van der Waals surface area contributed by atoms with Crippen molar-refractivity contribution in [3.8, 4) is 0 Å². The Bertz CT molecular complexity index is 114. The predicted molar refractivity (Wildman–Crippen MR) is 55.3 cm³/mol. The Morgan fingerprint density at radius 2 is 1.86 bits per heavy atom. The van der Waals surface area contributed by atoms with Gasteiger partial charge in [0.1, 0.15) is 0 Å². The van der Waals surface area contributed by atoms with Gasteiger partial charge in [-0.05, 0) is 0 Å². The first-order valence-electron chi connectivity index (χ1n) is 4.95. The van der Waals surface area contributed by atoms with Gasteiger partial charge < -0.3 is 20.3 Å². The van der Waals surface area contributed by atoms with Crippen molar-refractivity contribution in [3.63, 3.8) is 0 Å². The fourth-order valence-electron chi connectivity index (χ4n) is 1.10. The van der Waals surface area contributed by atoms with Gasteiger partial charge in [0, 0.05) is 33.3 Å². The molecule has 0 bridgehead atoms. The summed E-state index contributed by atoms with van der Waals surface area (Å²) in [4.78, 5) is 2.18. The fraction of sp³-hybridized carbons (Fsp3) is 1.00. The molecule has 3 N–H and O–H groups in total. The lowest BCUT2D eigenvalue weighted by molar-refractivity contribution is 0.0667. The molecule has 0 aromatic heterocycles. The number of hydrogen-bond acceptors (Lipinski definition) is 5. The van der Waals surface area contributed by atoms with E-state index in [2.05, 4.69) is 4.90 Å². The van der Waals surface area contributed by atoms with Crippen LogP contribution < -0.4 is 5.73 Å². The first kappa shape index (κ1) is 13.8. The molecule has 5 nitrogen and oxygen atoms in total. The highest BCUT2D eigenvalue weighted by Gasteiger charge is 2.02. The van der Waals surface area contributed by atoms with Gasteiger partial charge in [0.2, 0.25) is 0 Å². The summed E-state index contributed by atoms with van der Waals surface area (Å²) in [6, 6.07) is 0. The van der Waals surface area contributed by atoms with Crippen molar-refractivity contribution in [2.75, 3.05) is 59.7 Å². The van der Waals surface area contributed by atoms with Gasteiger partial charge in [-0.1, -0.05) is 0 Å². The van der Waals surface area contributed by atoms with Crippen LogP contribution in [0.15, 0.2) is 0 Å². The zero-order valence-corrected chi connectivity index (χ0v) is 8.95. The molecule has 0 radical (unpaired) electrons. The van der Waals surface area contributed by atoms with Gasteiger partial charge in [0.25, 0.3) is 0 Å². The fourth-order valence-corrected chi connectivity index (χ4v) is 1.10. The molecule has 0 fully saturated rings. The van der Waals surface area contributed by atoms with Crippen molar-refractivity contribution < 1.29 is 14.6 Å². The van der Waals surface area contributed by atoms with Crippen LogP contribution in [0.1, 0.15) is 0 Å². The number of hydrogen-bond donors (Lipinski definition) is 2. The van der Waals surface area contributed by atoms with E-state index >= 15 is 0 Å². The first-order valence-corrected chi connectivity index (χ1v) is 4.95. The van der Waals surface area contributed by atoms with Crippen LogP contribution in [-0.4, -0.2) is 69.7 Å². The van der Waals surface area contributed by atoms with E-state index in [1.807, 2.05) is 0 Å². The van der Waals surface area contributed by atoms with Gasteiger partial charge in [0.05, 0.1) is 26.4 Å². The van der Waals surface area contributed by atoms with Gasteiger partial charge in [-0.25, -0.2) is 0 Å². The summed E-state index contributed by atoms with van der Waals surface area (Å²) in [6.45, 7) is 5.02. The monoisotopic (exact) mass is 206 g/mol. The topological polar surface area (TPSA) is 68.0 Å². The lowest BCUT2D eigenvalue weighted by Gasteiger charge is -2.20. The molecule has 0 saturated heterocycles. The Morgan fingerprint density at radius 3 is 2.43 bits per heavy atom. The van der Waals surface area contributed by atoms with E-state index in [0.29, 0.717) is 26.4 Å². The van der Waals surface area contributed by atoms with Crippen LogP contribution in [0.4, 0.5) is 0 Å². The summed E-state index contributed by atoms with van der Waals surface area (Å²) in [5.41, 5.74) is 5.47. The van der Waals surface area contributed by atoms with Crippen LogP contribution in [0.2, 0.25) is 0 Å². The summed E-state index contributed by atoms with van der Waals surface area (Å²) in [5, 5.41) is 8.50. The Balaban J connectivity index is 3.40. The van der Waals surface area contributed by atoms with E-state index in [1.54, 1.807) is 7.11 Å². The molecule has 0 aromatic carbocycles. The molecule has 0 heterocycles. The molecule has 0 spiro atoms. The average molecular weight is 206 g/mol. The summed E-state index contributed by atoms with van der Waals surface area (Å²) in [6.07, 6.45) is 0. The molecule has 0 aliphatic rings. The maximum absolute atomic E-state index is 8.50. The largest absolute Gasteiger partial charge is 0.394 e. The molecule has 0 aliphatic carbocycles. The maximum Gasteiger partial charge on any atom is 0.0698 e. The molecule has 0 rings (SSSR count). The lowest BCUT2D eigenvalue weighted by Crippen LogP contribution is -2.35. The van der Waals surface area contributed by atoms with Crippen molar-refractivity contribution in [1.82, 2.24) is 4.90 Å². The highest BCUT2D eigenvalue weighted by molar-refractivity contribution is 4.57. The molecule has 0 atom stereocenters. The predicted octanol–water partition coefficient (Wildman–Crippen LogP) is -1.10. The van der Waals surface area contributed by atoms with E-state index in [1.165, 1.54) is 0 Å². The maximum atomic E-state index is 8.50. The molecule has 14 heavy (non-hydrogen) atoms. The van der Waals surface area contributed by atoms with E-state index < -0.39 is 0 Å². The van der Waals surface area contributed by atoms with Crippen molar-refractivity contribution in [1.29, 1.82) is 0 Å². The number of aliphatic hydroxyl groups is 1. The molecule has 0 amide bonds. The van der Waals surface area contributed by atoms with Gasteiger partial charge in [0.15, 0.2) is 0 Å². The molecule has 0 aromatic rings. The van der Waals surface area contributed by atoms with Crippen LogP contribution in [0.3, 0.4) is 0 Å². The molecule has 86 valence electrons. The minimum absolute atomic E-state index is 0.0783. The summed E-state index contributed by atoms with van der Waals surface area (Å²) in [7, 11) is 1.68. The Hall–Kier alpha value is -0.200. The Kier molecular flexibility index (Phi) is 10.7. The molecule has 0 aliphatic heterocycles. The Morgan fingerprint density at radius 1 is 1.14 bits per heavy atom. The van der Waals surface area contributed by atoms with Crippen LogP contribution in [-0.2, 0) is 9.47 Å². The van der Waals surface area contributed by atoms with Gasteiger partial charge >= 0.3 is 0 Å². The normalized spacial score (nSPS) is 11.1. The summed E-state index contributed by atoms with van der Waals surface area (Å²) in [5.74, 6) is 0. The number of rotatable bonds is 10. The standard InChI is InChI=1S/C9H22N2O3/c1-13-7-4-11(3-2-10)5-8-14-9-6-12/h12H,2-10H2,1H3.